The topological polar surface area (TPSA) is 66.5 Å². The van der Waals surface area contributed by atoms with Crippen molar-refractivity contribution in [2.45, 2.75) is 42.5 Å². The smallest absolute Gasteiger partial charge is 0.243 e. The molecule has 1 aliphatic rings. The van der Waals surface area contributed by atoms with Gasteiger partial charge in [-0.2, -0.15) is 4.31 Å². The highest BCUT2D eigenvalue weighted by Crippen LogP contribution is 2.23. The molecule has 156 valence electrons. The monoisotopic (exact) mass is 432 g/mol. The van der Waals surface area contributed by atoms with Crippen LogP contribution in [0.1, 0.15) is 25.3 Å². The Morgan fingerprint density at radius 3 is 2.34 bits per heavy atom. The number of carbonyl (C=O) groups is 1. The average Bonchev–Trinajstić information content (AvgIpc) is 2.73. The molecule has 1 saturated heterocycles. The van der Waals surface area contributed by atoms with Crippen LogP contribution in [0.5, 0.6) is 0 Å². The molecule has 0 saturated carbocycles. The lowest BCUT2D eigenvalue weighted by Crippen LogP contribution is -2.47. The molecule has 1 fully saturated rings. The maximum absolute atomic E-state index is 12.8. The Labute approximate surface area is 177 Å². The Hall–Kier alpha value is -1.83. The van der Waals surface area contributed by atoms with Crippen LogP contribution in [0.25, 0.3) is 0 Å². The average molecular weight is 433 g/mol. The van der Waals surface area contributed by atoms with Gasteiger partial charge in [-0.15, -0.1) is 11.8 Å². The first kappa shape index (κ1) is 21.9. The largest absolute Gasteiger partial charge is 0.353 e. The van der Waals surface area contributed by atoms with E-state index in [9.17, 15) is 13.2 Å². The lowest BCUT2D eigenvalue weighted by Gasteiger charge is -2.32. The number of piperidine rings is 1. The van der Waals surface area contributed by atoms with Gasteiger partial charge in [0, 0.05) is 35.7 Å². The van der Waals surface area contributed by atoms with Gasteiger partial charge in [-0.3, -0.25) is 4.79 Å². The molecule has 7 heteroatoms. The number of amides is 1. The number of aryl methyl sites for hydroxylation is 1. The summed E-state index contributed by atoms with van der Waals surface area (Å²) in [5.74, 6) is 0.652. The van der Waals surface area contributed by atoms with Gasteiger partial charge in [0.25, 0.3) is 0 Å². The third-order valence-corrected chi connectivity index (χ3v) is 8.33. The lowest BCUT2D eigenvalue weighted by molar-refractivity contribution is -0.124. The fraction of sp³-hybridized carbons (Fsp3) is 0.409. The summed E-state index contributed by atoms with van der Waals surface area (Å²) in [6, 6.07) is 17.0. The second-order valence-corrected chi connectivity index (χ2v) is 10.6. The van der Waals surface area contributed by atoms with Crippen molar-refractivity contribution < 1.29 is 13.2 Å². The van der Waals surface area contributed by atoms with Crippen LogP contribution >= 0.6 is 11.8 Å². The first-order valence-corrected chi connectivity index (χ1v) is 12.3. The van der Waals surface area contributed by atoms with Crippen molar-refractivity contribution in [1.29, 1.82) is 0 Å². The Bertz CT molecular complexity index is 907. The van der Waals surface area contributed by atoms with Crippen LogP contribution in [0.2, 0.25) is 0 Å². The second kappa shape index (κ2) is 9.78. The normalized spacial score (nSPS) is 17.0. The van der Waals surface area contributed by atoms with Crippen LogP contribution in [-0.4, -0.2) is 43.5 Å². The molecule has 0 aliphatic carbocycles. The summed E-state index contributed by atoms with van der Waals surface area (Å²) in [5, 5.41) is 3.10. The van der Waals surface area contributed by atoms with Gasteiger partial charge in [0.2, 0.25) is 15.9 Å². The molecule has 29 heavy (non-hydrogen) atoms. The summed E-state index contributed by atoms with van der Waals surface area (Å²) in [4.78, 5) is 14.0. The summed E-state index contributed by atoms with van der Waals surface area (Å²) in [6.07, 6.45) is 1.27. The molecule has 0 radical (unpaired) electrons. The number of sulfonamides is 1. The third kappa shape index (κ3) is 5.84. The predicted octanol–water partition coefficient (Wildman–Crippen LogP) is 3.69. The number of nitrogens with one attached hydrogen (secondary N) is 1. The molecule has 1 amide bonds. The van der Waals surface area contributed by atoms with Gasteiger partial charge in [-0.1, -0.05) is 42.8 Å². The van der Waals surface area contributed by atoms with Crippen LogP contribution in [0, 0.1) is 12.8 Å². The van der Waals surface area contributed by atoms with Crippen LogP contribution in [0.4, 0.5) is 0 Å². The molecule has 1 heterocycles. The number of rotatable bonds is 7. The Kier molecular flexibility index (Phi) is 7.38. The van der Waals surface area contributed by atoms with E-state index >= 15 is 0 Å². The van der Waals surface area contributed by atoms with E-state index < -0.39 is 10.0 Å². The van der Waals surface area contributed by atoms with E-state index in [1.807, 2.05) is 56.3 Å². The number of nitrogens with zero attached hydrogens (tertiary/aromatic N) is 1. The van der Waals surface area contributed by atoms with E-state index in [4.69, 9.17) is 0 Å². The number of benzene rings is 2. The highest BCUT2D eigenvalue weighted by Gasteiger charge is 2.30. The molecule has 1 unspecified atom stereocenters. The van der Waals surface area contributed by atoms with E-state index in [-0.39, 0.29) is 17.9 Å². The van der Waals surface area contributed by atoms with E-state index in [1.165, 1.54) is 4.31 Å². The SMILES string of the molecule is Cc1ccc(S(=O)(=O)N2CCC(NC(=O)C(C)CSc3ccccc3)CC2)cc1. The molecule has 1 N–H and O–H groups in total. The lowest BCUT2D eigenvalue weighted by atomic mass is 10.1. The Balaban J connectivity index is 1.47. The zero-order chi connectivity index (χ0) is 20.9. The maximum Gasteiger partial charge on any atom is 0.243 e. The molecule has 0 spiro atoms. The van der Waals surface area contributed by atoms with E-state index in [1.54, 1.807) is 23.9 Å². The molecular formula is C22H28N2O3S2. The Morgan fingerprint density at radius 2 is 1.72 bits per heavy atom. The summed E-state index contributed by atoms with van der Waals surface area (Å²) in [7, 11) is -3.47. The van der Waals surface area contributed by atoms with Crippen LogP contribution in [-0.2, 0) is 14.8 Å². The molecule has 0 aromatic heterocycles. The van der Waals surface area contributed by atoms with Crippen LogP contribution < -0.4 is 5.32 Å². The highest BCUT2D eigenvalue weighted by atomic mass is 32.2. The minimum Gasteiger partial charge on any atom is -0.353 e. The number of hydrogen-bond donors (Lipinski definition) is 1. The minimum absolute atomic E-state index is 0.0242. The van der Waals surface area contributed by atoms with Gasteiger partial charge in [0.15, 0.2) is 0 Å². The van der Waals surface area contributed by atoms with E-state index in [0.29, 0.717) is 30.8 Å². The minimum atomic E-state index is -3.47. The van der Waals surface area contributed by atoms with Crippen molar-refractivity contribution in [2.24, 2.45) is 5.92 Å². The predicted molar refractivity (Wildman–Crippen MR) is 117 cm³/mol. The van der Waals surface area contributed by atoms with Gasteiger partial charge in [-0.05, 0) is 44.0 Å². The molecule has 1 atom stereocenters. The fourth-order valence-corrected chi connectivity index (χ4v) is 5.67. The quantitative estimate of drug-likeness (QED) is 0.678. The Morgan fingerprint density at radius 1 is 1.10 bits per heavy atom. The molecular weight excluding hydrogens is 404 g/mol. The van der Waals surface area contributed by atoms with Gasteiger partial charge >= 0.3 is 0 Å². The molecule has 2 aromatic carbocycles. The second-order valence-electron chi connectivity index (χ2n) is 7.53. The van der Waals surface area contributed by atoms with Crippen molar-refractivity contribution in [3.8, 4) is 0 Å². The molecule has 0 bridgehead atoms. The van der Waals surface area contributed by atoms with Crippen molar-refractivity contribution >= 4 is 27.7 Å². The van der Waals surface area contributed by atoms with Gasteiger partial charge < -0.3 is 5.32 Å². The van der Waals surface area contributed by atoms with Crippen molar-refractivity contribution in [3.63, 3.8) is 0 Å². The zero-order valence-corrected chi connectivity index (χ0v) is 18.5. The van der Waals surface area contributed by atoms with Gasteiger partial charge in [0.1, 0.15) is 0 Å². The summed E-state index contributed by atoms with van der Waals surface area (Å²) >= 11 is 1.67. The number of hydrogen-bond acceptors (Lipinski definition) is 4. The summed E-state index contributed by atoms with van der Waals surface area (Å²) < 4.78 is 27.1. The van der Waals surface area contributed by atoms with Crippen LogP contribution in [0.3, 0.4) is 0 Å². The highest BCUT2D eigenvalue weighted by molar-refractivity contribution is 7.99. The van der Waals surface area contributed by atoms with Crippen molar-refractivity contribution in [2.75, 3.05) is 18.8 Å². The first-order chi connectivity index (χ1) is 13.9. The molecule has 5 nitrogen and oxygen atoms in total. The first-order valence-electron chi connectivity index (χ1n) is 9.91. The fourth-order valence-electron chi connectivity index (χ4n) is 3.26. The molecule has 1 aliphatic heterocycles. The maximum atomic E-state index is 12.8. The number of thioether (sulfide) groups is 1. The van der Waals surface area contributed by atoms with E-state index in [0.717, 1.165) is 16.2 Å². The molecule has 3 rings (SSSR count). The zero-order valence-electron chi connectivity index (χ0n) is 16.9. The van der Waals surface area contributed by atoms with Crippen molar-refractivity contribution in [3.05, 3.63) is 60.2 Å². The van der Waals surface area contributed by atoms with Gasteiger partial charge in [-0.25, -0.2) is 8.42 Å². The molecule has 2 aromatic rings. The standard InChI is InChI=1S/C22H28N2O3S2/c1-17-8-10-21(11-9-17)29(26,27)24-14-12-19(13-15-24)23-22(25)18(2)16-28-20-6-4-3-5-7-20/h3-11,18-19H,12-16H2,1-2H3,(H,23,25). The van der Waals surface area contributed by atoms with Gasteiger partial charge in [0.05, 0.1) is 4.90 Å². The number of carbonyl (C=O) groups excluding carboxylic acids is 1. The van der Waals surface area contributed by atoms with E-state index in [2.05, 4.69) is 5.32 Å². The summed E-state index contributed by atoms with van der Waals surface area (Å²) in [6.45, 7) is 4.72. The van der Waals surface area contributed by atoms with Crippen molar-refractivity contribution in [1.82, 2.24) is 9.62 Å². The van der Waals surface area contributed by atoms with Crippen LogP contribution in [0.15, 0.2) is 64.4 Å². The summed E-state index contributed by atoms with van der Waals surface area (Å²) in [5.41, 5.74) is 1.03. The third-order valence-electron chi connectivity index (χ3n) is 5.15.